The van der Waals surface area contributed by atoms with E-state index >= 15 is 0 Å². The summed E-state index contributed by atoms with van der Waals surface area (Å²) >= 11 is 0. The molecule has 1 atom stereocenters. The van der Waals surface area contributed by atoms with Gasteiger partial charge in [0.05, 0.1) is 11.6 Å². The molecule has 0 radical (unpaired) electrons. The zero-order valence-corrected chi connectivity index (χ0v) is 25.4. The number of aliphatic carboxylic acids is 3. The first-order chi connectivity index (χ1) is 20.9. The van der Waals surface area contributed by atoms with Crippen molar-refractivity contribution in [3.05, 3.63) is 96.4 Å². The number of rotatable bonds is 7. The number of hydrogen-bond donors (Lipinski definition) is 7. The maximum atomic E-state index is 12.7. The number of hydrogen-bond acceptors (Lipinski definition) is 4. The first kappa shape index (κ1) is 30.2. The van der Waals surface area contributed by atoms with Crippen molar-refractivity contribution in [2.75, 3.05) is 0 Å². The number of fused-ring (bicyclic) bond motifs is 8. The molecule has 8 bridgehead atoms. The number of carboxylic acid groups (broad SMARTS) is 3. The van der Waals surface area contributed by atoms with E-state index in [4.69, 9.17) is 0 Å². The van der Waals surface area contributed by atoms with Crippen molar-refractivity contribution in [2.45, 2.75) is 59.9 Å². The van der Waals surface area contributed by atoms with Gasteiger partial charge < -0.3 is 35.6 Å². The molecule has 10 heteroatoms. The Morgan fingerprint density at radius 3 is 2.14 bits per heavy atom. The number of aromatic nitrogens is 3. The minimum absolute atomic E-state index is 0.0169. The predicted molar refractivity (Wildman–Crippen MR) is 169 cm³/mol. The van der Waals surface area contributed by atoms with Crippen LogP contribution >= 0.6 is 0 Å². The Morgan fingerprint density at radius 2 is 1.52 bits per heavy atom. The van der Waals surface area contributed by atoms with Gasteiger partial charge in [-0.05, 0) is 92.2 Å². The molecule has 7 N–H and O–H groups in total. The Balaban J connectivity index is 1.94. The van der Waals surface area contributed by atoms with Crippen molar-refractivity contribution in [3.63, 3.8) is 0 Å². The quantitative estimate of drug-likeness (QED) is 0.204. The van der Waals surface area contributed by atoms with Gasteiger partial charge in [0.2, 0.25) is 0 Å². The maximum Gasteiger partial charge on any atom is 0.334 e. The second-order valence-corrected chi connectivity index (χ2v) is 11.2. The van der Waals surface area contributed by atoms with Crippen LogP contribution in [0.3, 0.4) is 0 Å². The van der Waals surface area contributed by atoms with Crippen molar-refractivity contribution in [1.29, 1.82) is 0 Å². The number of H-pyrrole nitrogens is 3. The SMILES string of the molecule is C=Cc1c(C)/c2[nH]/c1=C\c1[nH]c(c(CC)c1C)/C=C1\NC(C(C(=O)O)=C1C)/C(=C\C(=O)O)c1[nH]c(c(C)c1CCC(=O)O)\C=2. The summed E-state index contributed by atoms with van der Waals surface area (Å²) in [6.07, 6.45) is 9.27. The predicted octanol–water partition coefficient (Wildman–Crippen LogP) is 3.67. The van der Waals surface area contributed by atoms with Gasteiger partial charge in [-0.15, -0.1) is 0 Å². The molecule has 228 valence electrons. The van der Waals surface area contributed by atoms with Gasteiger partial charge in [-0.1, -0.05) is 19.6 Å². The highest BCUT2D eigenvalue weighted by molar-refractivity contribution is 6.00. The van der Waals surface area contributed by atoms with Crippen molar-refractivity contribution < 1.29 is 29.7 Å². The average molecular weight is 597 g/mol. The number of nitrogens with one attached hydrogen (secondary N) is 4. The molecule has 0 spiro atoms. The van der Waals surface area contributed by atoms with Crippen LogP contribution in [0.25, 0.3) is 29.9 Å². The lowest BCUT2D eigenvalue weighted by Crippen LogP contribution is -2.29. The molecule has 2 aliphatic rings. The molecule has 3 aromatic heterocycles. The van der Waals surface area contributed by atoms with Crippen LogP contribution in [0, 0.1) is 20.8 Å². The highest BCUT2D eigenvalue weighted by atomic mass is 16.4. The lowest BCUT2D eigenvalue weighted by Gasteiger charge is -2.19. The molecular formula is C34H36N4O6. The van der Waals surface area contributed by atoms with Gasteiger partial charge in [0.1, 0.15) is 0 Å². The number of carboxylic acids is 3. The van der Waals surface area contributed by atoms with Crippen LogP contribution in [0.15, 0.2) is 29.5 Å². The third-order valence-corrected chi connectivity index (χ3v) is 8.75. The fraction of sp³-hybridized carbons (Fsp3) is 0.265. The summed E-state index contributed by atoms with van der Waals surface area (Å²) in [4.78, 5) is 46.9. The molecule has 0 amide bonds. The third-order valence-electron chi connectivity index (χ3n) is 8.75. The molecule has 44 heavy (non-hydrogen) atoms. The van der Waals surface area contributed by atoms with E-state index in [9.17, 15) is 29.7 Å². The van der Waals surface area contributed by atoms with Gasteiger partial charge in [0.25, 0.3) is 0 Å². The van der Waals surface area contributed by atoms with Crippen molar-refractivity contribution in [2.24, 2.45) is 0 Å². The molecule has 3 aromatic rings. The fourth-order valence-electron chi connectivity index (χ4n) is 6.40. The van der Waals surface area contributed by atoms with Gasteiger partial charge in [-0.25, -0.2) is 9.59 Å². The molecule has 0 fully saturated rings. The Hall–Kier alpha value is -5.25. The topological polar surface area (TPSA) is 171 Å². The highest BCUT2D eigenvalue weighted by Gasteiger charge is 2.36. The molecule has 2 aliphatic heterocycles. The first-order valence-electron chi connectivity index (χ1n) is 14.4. The monoisotopic (exact) mass is 596 g/mol. The van der Waals surface area contributed by atoms with Crippen LogP contribution in [-0.2, 0) is 27.2 Å². The molecule has 0 aliphatic carbocycles. The minimum atomic E-state index is -1.26. The van der Waals surface area contributed by atoms with Crippen LogP contribution < -0.4 is 16.0 Å². The molecule has 1 unspecified atom stereocenters. The largest absolute Gasteiger partial charge is 0.481 e. The van der Waals surface area contributed by atoms with Crippen LogP contribution in [-0.4, -0.2) is 54.2 Å². The van der Waals surface area contributed by atoms with E-state index in [-0.39, 0.29) is 24.0 Å². The smallest absolute Gasteiger partial charge is 0.334 e. The van der Waals surface area contributed by atoms with E-state index in [1.165, 1.54) is 0 Å². The Labute approximate surface area is 253 Å². The molecule has 0 aromatic carbocycles. The van der Waals surface area contributed by atoms with E-state index in [0.29, 0.717) is 28.2 Å². The normalized spacial score (nSPS) is 19.4. The molecule has 5 rings (SSSR count). The summed E-state index contributed by atoms with van der Waals surface area (Å²) in [6, 6.07) is -1.02. The molecule has 10 nitrogen and oxygen atoms in total. The van der Waals surface area contributed by atoms with Crippen LogP contribution in [0.1, 0.15) is 76.4 Å². The van der Waals surface area contributed by atoms with Crippen LogP contribution in [0.5, 0.6) is 0 Å². The average Bonchev–Trinajstić information content (AvgIpc) is 3.63. The second kappa shape index (κ2) is 11.4. The number of allylic oxidation sites excluding steroid dienone is 1. The standard InChI is InChI=1S/C34H36N4O6/c1-7-19-15(3)23-12-25-17(5)21(9-10-29(39)40)32(37-25)22(11-30(41)42)33-31(34(43)44)18(6)26(38-33)14-28-20(8-2)16(4)24(36-28)13-27(19)35-23/h7,11-14,33,35-38H,1,8-10H2,2-6H3,(H,39,40)(H,41,42)(H,43,44)/b22-11-,23-12-,26-14-,27-13-. The zero-order valence-electron chi connectivity index (χ0n) is 25.4. The third kappa shape index (κ3) is 5.12. The summed E-state index contributed by atoms with van der Waals surface area (Å²) in [5.74, 6) is -3.44. The number of carbonyl (C=O) groups is 3. The van der Waals surface area contributed by atoms with E-state index < -0.39 is 23.9 Å². The molecular weight excluding hydrogens is 560 g/mol. The summed E-state index contributed by atoms with van der Waals surface area (Å²) in [5.41, 5.74) is 9.32. The Morgan fingerprint density at radius 1 is 0.864 bits per heavy atom. The lowest BCUT2D eigenvalue weighted by atomic mass is 9.91. The summed E-state index contributed by atoms with van der Waals surface area (Å²) in [7, 11) is 0. The summed E-state index contributed by atoms with van der Waals surface area (Å²) in [6.45, 7) is 13.7. The molecule has 0 saturated heterocycles. The van der Waals surface area contributed by atoms with Crippen molar-refractivity contribution >= 4 is 47.8 Å². The highest BCUT2D eigenvalue weighted by Crippen LogP contribution is 2.37. The first-order valence-corrected chi connectivity index (χ1v) is 14.4. The molecule has 0 saturated carbocycles. The van der Waals surface area contributed by atoms with Crippen LogP contribution in [0.4, 0.5) is 0 Å². The zero-order chi connectivity index (χ0) is 32.0. The Kier molecular flexibility index (Phi) is 7.86. The van der Waals surface area contributed by atoms with E-state index in [1.807, 2.05) is 39.0 Å². The van der Waals surface area contributed by atoms with Gasteiger partial charge in [0.15, 0.2) is 0 Å². The van der Waals surface area contributed by atoms with E-state index in [0.717, 1.165) is 62.4 Å². The molecule has 5 heterocycles. The van der Waals surface area contributed by atoms with Crippen molar-refractivity contribution in [1.82, 2.24) is 20.3 Å². The maximum absolute atomic E-state index is 12.7. The second-order valence-electron chi connectivity index (χ2n) is 11.2. The van der Waals surface area contributed by atoms with E-state index in [1.54, 1.807) is 13.0 Å². The fourth-order valence-corrected chi connectivity index (χ4v) is 6.40. The van der Waals surface area contributed by atoms with Gasteiger partial charge in [-0.3, -0.25) is 4.79 Å². The van der Waals surface area contributed by atoms with Crippen molar-refractivity contribution in [3.8, 4) is 0 Å². The summed E-state index contributed by atoms with van der Waals surface area (Å²) < 4.78 is 0. The van der Waals surface area contributed by atoms with Gasteiger partial charge in [0, 0.05) is 62.8 Å². The van der Waals surface area contributed by atoms with E-state index in [2.05, 4.69) is 33.8 Å². The minimum Gasteiger partial charge on any atom is -0.481 e. The van der Waals surface area contributed by atoms with Gasteiger partial charge in [-0.2, -0.15) is 0 Å². The van der Waals surface area contributed by atoms with Crippen LogP contribution in [0.2, 0.25) is 0 Å². The Bertz CT molecular complexity index is 1970. The van der Waals surface area contributed by atoms with Gasteiger partial charge >= 0.3 is 17.9 Å². The summed E-state index contributed by atoms with van der Waals surface area (Å²) in [5, 5.41) is 34.8. The number of aromatic amines is 3. The lowest BCUT2D eigenvalue weighted by molar-refractivity contribution is -0.137.